The van der Waals surface area contributed by atoms with Crippen LogP contribution in [0.1, 0.15) is 16.8 Å². The van der Waals surface area contributed by atoms with Gasteiger partial charge in [-0.15, -0.1) is 0 Å². The third kappa shape index (κ3) is 5.18. The fraction of sp³-hybridized carbons (Fsp3) is 0.143. The molecule has 0 bridgehead atoms. The van der Waals surface area contributed by atoms with Gasteiger partial charge in [-0.05, 0) is 36.4 Å². The van der Waals surface area contributed by atoms with Gasteiger partial charge in [0.1, 0.15) is 0 Å². The number of carbonyl (C=O) groups is 2. The Hall–Kier alpha value is -3.57. The van der Waals surface area contributed by atoms with Gasteiger partial charge in [0, 0.05) is 42.9 Å². The van der Waals surface area contributed by atoms with Gasteiger partial charge in [0.05, 0.1) is 21.4 Å². The Morgan fingerprint density at radius 2 is 1.97 bits per heavy atom. The summed E-state index contributed by atoms with van der Waals surface area (Å²) in [5.41, 5.74) is 1.46. The van der Waals surface area contributed by atoms with Gasteiger partial charge in [0.25, 0.3) is 5.91 Å². The Labute approximate surface area is 188 Å². The highest BCUT2D eigenvalue weighted by Gasteiger charge is 2.14. The summed E-state index contributed by atoms with van der Waals surface area (Å²) in [6.07, 6.45) is 6.48. The van der Waals surface area contributed by atoms with E-state index in [2.05, 4.69) is 20.6 Å². The molecule has 2 aromatic carbocycles. The molecule has 2 aromatic heterocycles. The molecule has 4 rings (SSSR count). The van der Waals surface area contributed by atoms with Crippen LogP contribution in [-0.4, -0.2) is 41.0 Å². The highest BCUT2D eigenvalue weighted by molar-refractivity contribution is 7.90. The largest absolute Gasteiger partial charge is 0.337 e. The van der Waals surface area contributed by atoms with E-state index in [-0.39, 0.29) is 23.1 Å². The van der Waals surface area contributed by atoms with Gasteiger partial charge in [0.2, 0.25) is 5.91 Å². The summed E-state index contributed by atoms with van der Waals surface area (Å²) < 4.78 is 25.9. The molecule has 11 heteroatoms. The molecule has 0 atom stereocenters. The van der Waals surface area contributed by atoms with Crippen molar-refractivity contribution in [3.63, 3.8) is 0 Å². The number of carbonyl (C=O) groups excluding carboxylic acids is 2. The number of nitrogens with zero attached hydrogens (tertiary/aromatic N) is 3. The van der Waals surface area contributed by atoms with Crippen molar-refractivity contribution in [1.29, 1.82) is 0 Å². The number of fused-ring (bicyclic) bond motifs is 1. The Morgan fingerprint density at radius 1 is 1.12 bits per heavy atom. The Kier molecular flexibility index (Phi) is 6.01. The molecule has 2 heterocycles. The van der Waals surface area contributed by atoms with Crippen molar-refractivity contribution >= 4 is 54.0 Å². The standard InChI is InChI=1S/C21H19N5O4S2/c1-32(29,30)16-5-6-17-18(12-16)31-21(24-17)25-20(28)14-3-2-4-15(11-14)23-19(27)7-9-26-10-8-22-13-26/h2-6,8,10-13H,7,9H2,1H3,(H,23,27)(H,24,25,28). The number of aromatic nitrogens is 3. The zero-order valence-electron chi connectivity index (χ0n) is 17.0. The molecule has 9 nitrogen and oxygen atoms in total. The average molecular weight is 470 g/mol. The van der Waals surface area contributed by atoms with Crippen LogP contribution in [0, 0.1) is 0 Å². The molecule has 4 aromatic rings. The van der Waals surface area contributed by atoms with E-state index in [1.165, 1.54) is 23.5 Å². The fourth-order valence-electron chi connectivity index (χ4n) is 2.97. The van der Waals surface area contributed by atoms with Crippen molar-refractivity contribution in [2.24, 2.45) is 0 Å². The van der Waals surface area contributed by atoms with Crippen LogP contribution in [0.15, 0.2) is 66.1 Å². The van der Waals surface area contributed by atoms with Crippen molar-refractivity contribution in [2.45, 2.75) is 17.9 Å². The summed E-state index contributed by atoms with van der Waals surface area (Å²) in [7, 11) is -3.33. The van der Waals surface area contributed by atoms with Gasteiger partial charge < -0.3 is 9.88 Å². The Morgan fingerprint density at radius 3 is 2.72 bits per heavy atom. The van der Waals surface area contributed by atoms with Gasteiger partial charge in [-0.2, -0.15) is 0 Å². The molecule has 0 saturated heterocycles. The van der Waals surface area contributed by atoms with E-state index in [1.54, 1.807) is 53.6 Å². The summed E-state index contributed by atoms with van der Waals surface area (Å²) in [4.78, 5) is 33.3. The fourth-order valence-corrected chi connectivity index (χ4v) is 4.59. The van der Waals surface area contributed by atoms with Gasteiger partial charge in [-0.25, -0.2) is 18.4 Å². The molecule has 0 aliphatic carbocycles. The molecule has 0 spiro atoms. The average Bonchev–Trinajstić information content (AvgIpc) is 3.40. The molecule has 0 fully saturated rings. The van der Waals surface area contributed by atoms with Crippen molar-refractivity contribution in [3.8, 4) is 0 Å². The van der Waals surface area contributed by atoms with E-state index in [1.807, 2.05) is 0 Å². The number of amides is 2. The van der Waals surface area contributed by atoms with Crippen LogP contribution in [0.2, 0.25) is 0 Å². The van der Waals surface area contributed by atoms with Crippen molar-refractivity contribution in [3.05, 3.63) is 66.7 Å². The second-order valence-electron chi connectivity index (χ2n) is 7.05. The number of nitrogens with one attached hydrogen (secondary N) is 2. The first-order valence-electron chi connectivity index (χ1n) is 9.55. The SMILES string of the molecule is CS(=O)(=O)c1ccc2nc(NC(=O)c3cccc(NC(=O)CCn4ccnc4)c3)sc2c1. The highest BCUT2D eigenvalue weighted by Crippen LogP contribution is 2.28. The molecule has 164 valence electrons. The van der Waals surface area contributed by atoms with Crippen molar-refractivity contribution in [2.75, 3.05) is 16.9 Å². The Balaban J connectivity index is 1.42. The number of imidazole rings is 1. The smallest absolute Gasteiger partial charge is 0.257 e. The minimum atomic E-state index is -3.33. The number of benzene rings is 2. The van der Waals surface area contributed by atoms with Gasteiger partial charge in [-0.1, -0.05) is 17.4 Å². The molecule has 2 N–H and O–H groups in total. The van der Waals surface area contributed by atoms with Crippen LogP contribution < -0.4 is 10.6 Å². The predicted octanol–water partition coefficient (Wildman–Crippen LogP) is 3.18. The molecule has 0 aliphatic rings. The van der Waals surface area contributed by atoms with Crippen molar-refractivity contribution < 1.29 is 18.0 Å². The quantitative estimate of drug-likeness (QED) is 0.429. The maximum Gasteiger partial charge on any atom is 0.257 e. The number of hydrogen-bond donors (Lipinski definition) is 2. The van der Waals surface area contributed by atoms with Gasteiger partial charge in [-0.3, -0.25) is 14.9 Å². The number of anilines is 2. The van der Waals surface area contributed by atoms with Crippen LogP contribution >= 0.6 is 11.3 Å². The van der Waals surface area contributed by atoms with Crippen molar-refractivity contribution in [1.82, 2.24) is 14.5 Å². The molecular formula is C21H19N5O4S2. The number of rotatable bonds is 7. The summed E-state index contributed by atoms with van der Waals surface area (Å²) >= 11 is 1.19. The monoisotopic (exact) mass is 469 g/mol. The first kappa shape index (κ1) is 21.7. The third-order valence-electron chi connectivity index (χ3n) is 4.57. The van der Waals surface area contributed by atoms with E-state index in [0.29, 0.717) is 33.1 Å². The van der Waals surface area contributed by atoms with Crippen LogP contribution in [0.3, 0.4) is 0 Å². The van der Waals surface area contributed by atoms with Gasteiger partial charge in [0.15, 0.2) is 15.0 Å². The van der Waals surface area contributed by atoms with Gasteiger partial charge >= 0.3 is 0 Å². The summed E-state index contributed by atoms with van der Waals surface area (Å²) in [5.74, 6) is -0.564. The molecule has 32 heavy (non-hydrogen) atoms. The topological polar surface area (TPSA) is 123 Å². The minimum Gasteiger partial charge on any atom is -0.337 e. The summed E-state index contributed by atoms with van der Waals surface area (Å²) in [5, 5.41) is 5.86. The third-order valence-corrected chi connectivity index (χ3v) is 6.62. The zero-order chi connectivity index (χ0) is 22.7. The molecular weight excluding hydrogens is 450 g/mol. The highest BCUT2D eigenvalue weighted by atomic mass is 32.2. The molecule has 0 saturated carbocycles. The number of hydrogen-bond acceptors (Lipinski definition) is 7. The van der Waals surface area contributed by atoms with E-state index in [4.69, 9.17) is 0 Å². The normalized spacial score (nSPS) is 11.4. The lowest BCUT2D eigenvalue weighted by Gasteiger charge is -2.08. The summed E-state index contributed by atoms with van der Waals surface area (Å²) in [6.45, 7) is 0.505. The van der Waals surface area contributed by atoms with E-state index in [0.717, 1.165) is 6.26 Å². The molecule has 2 amide bonds. The van der Waals surface area contributed by atoms with Crippen LogP contribution in [0.5, 0.6) is 0 Å². The second-order valence-corrected chi connectivity index (χ2v) is 10.1. The maximum atomic E-state index is 12.7. The van der Waals surface area contributed by atoms with E-state index < -0.39 is 9.84 Å². The lowest BCUT2D eigenvalue weighted by Crippen LogP contribution is -2.15. The summed E-state index contributed by atoms with van der Waals surface area (Å²) in [6, 6.07) is 11.2. The lowest BCUT2D eigenvalue weighted by atomic mass is 10.2. The Bertz CT molecular complexity index is 1390. The lowest BCUT2D eigenvalue weighted by molar-refractivity contribution is -0.116. The zero-order valence-corrected chi connectivity index (χ0v) is 18.6. The van der Waals surface area contributed by atoms with Crippen LogP contribution in [0.25, 0.3) is 10.2 Å². The van der Waals surface area contributed by atoms with Crippen LogP contribution in [-0.2, 0) is 21.2 Å². The number of sulfone groups is 1. The minimum absolute atomic E-state index is 0.177. The van der Waals surface area contributed by atoms with E-state index in [9.17, 15) is 18.0 Å². The van der Waals surface area contributed by atoms with Crippen LogP contribution in [0.4, 0.5) is 10.8 Å². The predicted molar refractivity (Wildman–Crippen MR) is 123 cm³/mol. The first-order chi connectivity index (χ1) is 15.3. The second kappa shape index (κ2) is 8.89. The first-order valence-corrected chi connectivity index (χ1v) is 12.3. The molecule has 0 radical (unpaired) electrons. The molecule has 0 aliphatic heterocycles. The number of aryl methyl sites for hydroxylation is 1. The maximum absolute atomic E-state index is 12.7. The number of thiazole rings is 1. The molecule has 0 unspecified atom stereocenters. The van der Waals surface area contributed by atoms with E-state index >= 15 is 0 Å².